The van der Waals surface area contributed by atoms with E-state index in [1.807, 2.05) is 11.3 Å². The number of hydrogen-bond donors (Lipinski definition) is 1. The van der Waals surface area contributed by atoms with Gasteiger partial charge in [0.25, 0.3) is 0 Å². The average Bonchev–Trinajstić information content (AvgIpc) is 2.73. The van der Waals surface area contributed by atoms with Gasteiger partial charge in [-0.3, -0.25) is 0 Å². The highest BCUT2D eigenvalue weighted by molar-refractivity contribution is 7.09. The van der Waals surface area contributed by atoms with Crippen LogP contribution in [0.5, 0.6) is 0 Å². The SMILES string of the molecule is CCCNC(CCC(C)(C)C)Cc1cccs1. The Labute approximate surface area is 111 Å². The van der Waals surface area contributed by atoms with E-state index < -0.39 is 0 Å². The Kier molecular flexibility index (Phi) is 6.21. The van der Waals surface area contributed by atoms with Crippen LogP contribution in [0, 0.1) is 5.41 Å². The zero-order chi connectivity index (χ0) is 12.7. The van der Waals surface area contributed by atoms with E-state index >= 15 is 0 Å². The molecule has 1 unspecified atom stereocenters. The van der Waals surface area contributed by atoms with Gasteiger partial charge in [-0.25, -0.2) is 0 Å². The minimum atomic E-state index is 0.446. The van der Waals surface area contributed by atoms with Gasteiger partial charge in [0.2, 0.25) is 0 Å². The summed E-state index contributed by atoms with van der Waals surface area (Å²) >= 11 is 1.88. The summed E-state index contributed by atoms with van der Waals surface area (Å²) in [6.07, 6.45) is 4.98. The molecule has 98 valence electrons. The van der Waals surface area contributed by atoms with Crippen molar-refractivity contribution in [3.05, 3.63) is 22.4 Å². The fraction of sp³-hybridized carbons (Fsp3) is 0.733. The predicted molar refractivity (Wildman–Crippen MR) is 78.8 cm³/mol. The average molecular weight is 253 g/mol. The second-order valence-electron chi connectivity index (χ2n) is 6.03. The Morgan fingerprint density at radius 3 is 2.65 bits per heavy atom. The van der Waals surface area contributed by atoms with Crippen LogP contribution in [0.4, 0.5) is 0 Å². The zero-order valence-corrected chi connectivity index (χ0v) is 12.6. The lowest BCUT2D eigenvalue weighted by atomic mass is 9.88. The van der Waals surface area contributed by atoms with E-state index in [1.54, 1.807) is 0 Å². The van der Waals surface area contributed by atoms with Gasteiger partial charge in [-0.1, -0.05) is 33.8 Å². The van der Waals surface area contributed by atoms with Crippen molar-refractivity contribution in [1.82, 2.24) is 5.32 Å². The van der Waals surface area contributed by atoms with Gasteiger partial charge in [0.1, 0.15) is 0 Å². The van der Waals surface area contributed by atoms with Gasteiger partial charge in [0, 0.05) is 10.9 Å². The van der Waals surface area contributed by atoms with Gasteiger partial charge >= 0.3 is 0 Å². The molecule has 0 aliphatic carbocycles. The maximum Gasteiger partial charge on any atom is 0.0115 e. The third-order valence-corrected chi connectivity index (χ3v) is 3.85. The van der Waals surface area contributed by atoms with E-state index in [-0.39, 0.29) is 0 Å². The van der Waals surface area contributed by atoms with Crippen LogP contribution in [0.15, 0.2) is 17.5 Å². The summed E-state index contributed by atoms with van der Waals surface area (Å²) in [5.74, 6) is 0. The molecule has 0 amide bonds. The molecule has 2 heteroatoms. The fourth-order valence-electron chi connectivity index (χ4n) is 1.90. The third-order valence-electron chi connectivity index (χ3n) is 2.95. The first kappa shape index (κ1) is 14.7. The monoisotopic (exact) mass is 253 g/mol. The topological polar surface area (TPSA) is 12.0 Å². The molecular formula is C15H27NS. The smallest absolute Gasteiger partial charge is 0.0115 e. The highest BCUT2D eigenvalue weighted by Gasteiger charge is 2.15. The van der Waals surface area contributed by atoms with E-state index in [1.165, 1.54) is 30.6 Å². The van der Waals surface area contributed by atoms with Crippen LogP contribution in [0.25, 0.3) is 0 Å². The standard InChI is InChI=1S/C15H27NS/c1-5-10-16-13(8-9-15(2,3)4)12-14-7-6-11-17-14/h6-7,11,13,16H,5,8-10,12H2,1-4H3. The Bertz CT molecular complexity index is 284. The summed E-state index contributed by atoms with van der Waals surface area (Å²) in [5, 5.41) is 5.86. The van der Waals surface area contributed by atoms with Gasteiger partial charge in [0.15, 0.2) is 0 Å². The fourth-order valence-corrected chi connectivity index (χ4v) is 2.69. The molecule has 0 aromatic carbocycles. The number of rotatable bonds is 7. The van der Waals surface area contributed by atoms with Crippen molar-refractivity contribution in [2.45, 2.75) is 59.4 Å². The molecule has 1 N–H and O–H groups in total. The van der Waals surface area contributed by atoms with Crippen molar-refractivity contribution in [3.8, 4) is 0 Å². The summed E-state index contributed by atoms with van der Waals surface area (Å²) in [4.78, 5) is 1.51. The van der Waals surface area contributed by atoms with Crippen LogP contribution >= 0.6 is 11.3 Å². The molecule has 0 saturated carbocycles. The first-order valence-corrected chi connectivity index (χ1v) is 7.65. The predicted octanol–water partition coefficient (Wildman–Crippen LogP) is 4.49. The van der Waals surface area contributed by atoms with Crippen molar-refractivity contribution in [2.24, 2.45) is 5.41 Å². The van der Waals surface area contributed by atoms with Gasteiger partial charge in [-0.2, -0.15) is 0 Å². The summed E-state index contributed by atoms with van der Waals surface area (Å²) in [7, 11) is 0. The Morgan fingerprint density at radius 1 is 1.35 bits per heavy atom. The van der Waals surface area contributed by atoms with E-state index in [4.69, 9.17) is 0 Å². The molecule has 1 atom stereocenters. The molecule has 0 aliphatic rings. The molecule has 0 aliphatic heterocycles. The molecule has 1 rings (SSSR count). The zero-order valence-electron chi connectivity index (χ0n) is 11.8. The molecule has 1 nitrogen and oxygen atoms in total. The summed E-state index contributed by atoms with van der Waals surface area (Å²) < 4.78 is 0. The van der Waals surface area contributed by atoms with Gasteiger partial charge < -0.3 is 5.32 Å². The van der Waals surface area contributed by atoms with E-state index in [9.17, 15) is 0 Å². The second kappa shape index (κ2) is 7.17. The van der Waals surface area contributed by atoms with Crippen molar-refractivity contribution >= 4 is 11.3 Å². The lowest BCUT2D eigenvalue weighted by molar-refractivity contribution is 0.329. The Hall–Kier alpha value is -0.340. The first-order valence-electron chi connectivity index (χ1n) is 6.77. The highest BCUT2D eigenvalue weighted by Crippen LogP contribution is 2.23. The molecule has 0 saturated heterocycles. The van der Waals surface area contributed by atoms with Crippen LogP contribution in [-0.2, 0) is 6.42 Å². The molecule has 0 spiro atoms. The lowest BCUT2D eigenvalue weighted by Gasteiger charge is -2.23. The molecule has 17 heavy (non-hydrogen) atoms. The van der Waals surface area contributed by atoms with Crippen molar-refractivity contribution in [1.29, 1.82) is 0 Å². The molecule has 0 bridgehead atoms. The van der Waals surface area contributed by atoms with Crippen LogP contribution in [0.1, 0.15) is 51.8 Å². The van der Waals surface area contributed by atoms with Crippen LogP contribution in [0.3, 0.4) is 0 Å². The molecule has 1 aromatic heterocycles. The van der Waals surface area contributed by atoms with Crippen molar-refractivity contribution in [3.63, 3.8) is 0 Å². The van der Waals surface area contributed by atoms with E-state index in [2.05, 4.69) is 50.5 Å². The van der Waals surface area contributed by atoms with Gasteiger partial charge in [-0.05, 0) is 49.1 Å². The normalized spacial score (nSPS) is 13.9. The highest BCUT2D eigenvalue weighted by atomic mass is 32.1. The number of thiophene rings is 1. The van der Waals surface area contributed by atoms with Crippen molar-refractivity contribution < 1.29 is 0 Å². The molecular weight excluding hydrogens is 226 g/mol. The molecule has 1 aromatic rings. The van der Waals surface area contributed by atoms with Gasteiger partial charge in [0.05, 0.1) is 0 Å². The van der Waals surface area contributed by atoms with Crippen molar-refractivity contribution in [2.75, 3.05) is 6.54 Å². The van der Waals surface area contributed by atoms with Crippen LogP contribution in [-0.4, -0.2) is 12.6 Å². The van der Waals surface area contributed by atoms with E-state index in [0.29, 0.717) is 11.5 Å². The third kappa shape index (κ3) is 6.85. The summed E-state index contributed by atoms with van der Waals surface area (Å²) in [5.41, 5.74) is 0.446. The maximum absolute atomic E-state index is 3.69. The van der Waals surface area contributed by atoms with E-state index in [0.717, 1.165) is 6.54 Å². The lowest BCUT2D eigenvalue weighted by Crippen LogP contribution is -2.32. The summed E-state index contributed by atoms with van der Waals surface area (Å²) in [6, 6.07) is 5.05. The van der Waals surface area contributed by atoms with Crippen LogP contribution < -0.4 is 5.32 Å². The molecule has 0 radical (unpaired) electrons. The molecule has 1 heterocycles. The minimum Gasteiger partial charge on any atom is -0.314 e. The first-order chi connectivity index (χ1) is 8.01. The Balaban J connectivity index is 2.42. The van der Waals surface area contributed by atoms with Gasteiger partial charge in [-0.15, -0.1) is 11.3 Å². The maximum atomic E-state index is 3.69. The Morgan fingerprint density at radius 2 is 2.12 bits per heavy atom. The number of hydrogen-bond acceptors (Lipinski definition) is 2. The second-order valence-corrected chi connectivity index (χ2v) is 7.07. The summed E-state index contributed by atoms with van der Waals surface area (Å²) in [6.45, 7) is 10.4. The number of nitrogens with one attached hydrogen (secondary N) is 1. The van der Waals surface area contributed by atoms with Crippen LogP contribution in [0.2, 0.25) is 0 Å². The largest absolute Gasteiger partial charge is 0.314 e. The quantitative estimate of drug-likeness (QED) is 0.755. The molecule has 0 fully saturated rings. The minimum absolute atomic E-state index is 0.446.